The molecule has 6 nitrogen and oxygen atoms in total. The van der Waals surface area contributed by atoms with E-state index in [-0.39, 0.29) is 5.75 Å². The molecule has 118 valence electrons. The van der Waals surface area contributed by atoms with Crippen molar-refractivity contribution < 1.29 is 14.7 Å². The van der Waals surface area contributed by atoms with Crippen molar-refractivity contribution >= 4 is 35.3 Å². The van der Waals surface area contributed by atoms with Crippen LogP contribution in [-0.4, -0.2) is 23.1 Å². The Morgan fingerprint density at radius 1 is 1.13 bits per heavy atom. The van der Waals surface area contributed by atoms with Crippen molar-refractivity contribution in [2.24, 2.45) is 5.10 Å². The number of phenolic OH excluding ortho intramolecular Hbond substituents is 1. The van der Waals surface area contributed by atoms with Gasteiger partial charge in [-0.2, -0.15) is 5.10 Å². The molecule has 23 heavy (non-hydrogen) atoms. The largest absolute Gasteiger partial charge is 0.508 e. The van der Waals surface area contributed by atoms with Gasteiger partial charge in [0.05, 0.1) is 6.21 Å². The molecular formula is C16H14ClN3O3. The number of rotatable bonds is 3. The van der Waals surface area contributed by atoms with Crippen molar-refractivity contribution in [3.8, 4) is 5.75 Å². The number of carbonyl (C=O) groups is 2. The topological polar surface area (TPSA) is 90.8 Å². The second kappa shape index (κ2) is 7.42. The molecule has 0 bridgehead atoms. The monoisotopic (exact) mass is 331 g/mol. The van der Waals surface area contributed by atoms with Crippen LogP contribution >= 0.6 is 11.6 Å². The Kier molecular flexibility index (Phi) is 5.32. The number of carbonyl (C=O) groups excluding carboxylic acids is 2. The molecule has 0 radical (unpaired) electrons. The lowest BCUT2D eigenvalue weighted by Gasteiger charge is -2.05. The van der Waals surface area contributed by atoms with E-state index in [4.69, 9.17) is 16.7 Å². The van der Waals surface area contributed by atoms with Crippen LogP contribution in [0.25, 0.3) is 0 Å². The number of benzene rings is 2. The van der Waals surface area contributed by atoms with Gasteiger partial charge in [0.15, 0.2) is 0 Å². The molecule has 0 fully saturated rings. The van der Waals surface area contributed by atoms with Crippen molar-refractivity contribution in [1.82, 2.24) is 5.43 Å². The van der Waals surface area contributed by atoms with Crippen LogP contribution in [0.3, 0.4) is 0 Å². The summed E-state index contributed by atoms with van der Waals surface area (Å²) < 4.78 is 0. The fraction of sp³-hybridized carbons (Fsp3) is 0.0625. The summed E-state index contributed by atoms with van der Waals surface area (Å²) in [6.07, 6.45) is 1.35. The minimum Gasteiger partial charge on any atom is -0.508 e. The Hall–Kier alpha value is -2.86. The maximum Gasteiger partial charge on any atom is 0.329 e. The molecule has 0 unspecified atom stereocenters. The van der Waals surface area contributed by atoms with E-state index < -0.39 is 11.8 Å². The number of nitrogens with zero attached hydrogens (tertiary/aromatic N) is 1. The van der Waals surface area contributed by atoms with Gasteiger partial charge in [0.25, 0.3) is 0 Å². The Labute approximate surface area is 137 Å². The third kappa shape index (κ3) is 4.82. The van der Waals surface area contributed by atoms with Gasteiger partial charge in [-0.15, -0.1) is 0 Å². The van der Waals surface area contributed by atoms with Gasteiger partial charge in [0.2, 0.25) is 0 Å². The molecule has 2 aromatic carbocycles. The zero-order valence-corrected chi connectivity index (χ0v) is 13.0. The lowest BCUT2D eigenvalue weighted by atomic mass is 10.2. The highest BCUT2D eigenvalue weighted by molar-refractivity contribution is 6.39. The standard InChI is InChI=1S/C16H14ClN3O3/c1-10-2-5-12(8-14(10)17)19-15(22)16(23)20-18-9-11-3-6-13(21)7-4-11/h2-9,21H,1H3,(H,19,22)(H,20,23). The fourth-order valence-corrected chi connectivity index (χ4v) is 1.82. The Morgan fingerprint density at radius 2 is 1.83 bits per heavy atom. The molecular weight excluding hydrogens is 318 g/mol. The van der Waals surface area contributed by atoms with Crippen LogP contribution in [-0.2, 0) is 9.59 Å². The molecule has 0 saturated heterocycles. The van der Waals surface area contributed by atoms with Gasteiger partial charge in [0.1, 0.15) is 5.75 Å². The first-order valence-corrected chi connectivity index (χ1v) is 7.03. The van der Waals surface area contributed by atoms with Crippen molar-refractivity contribution in [3.05, 3.63) is 58.6 Å². The number of hydrazone groups is 1. The van der Waals surface area contributed by atoms with Crippen molar-refractivity contribution in [3.63, 3.8) is 0 Å². The van der Waals surface area contributed by atoms with Crippen molar-refractivity contribution in [2.75, 3.05) is 5.32 Å². The number of halogens is 1. The summed E-state index contributed by atoms with van der Waals surface area (Å²) in [6.45, 7) is 1.83. The number of hydrogen-bond acceptors (Lipinski definition) is 4. The summed E-state index contributed by atoms with van der Waals surface area (Å²) in [5.41, 5.74) is 4.06. The maximum absolute atomic E-state index is 11.7. The lowest BCUT2D eigenvalue weighted by molar-refractivity contribution is -0.136. The Balaban J connectivity index is 1.90. The van der Waals surface area contributed by atoms with Gasteiger partial charge >= 0.3 is 11.8 Å². The zero-order chi connectivity index (χ0) is 16.8. The molecule has 0 spiro atoms. The van der Waals surface area contributed by atoms with Crippen LogP contribution in [0.15, 0.2) is 47.6 Å². The van der Waals surface area contributed by atoms with Gasteiger partial charge in [-0.3, -0.25) is 9.59 Å². The average Bonchev–Trinajstić information content (AvgIpc) is 2.52. The van der Waals surface area contributed by atoms with E-state index in [1.807, 2.05) is 6.92 Å². The zero-order valence-electron chi connectivity index (χ0n) is 12.2. The molecule has 0 atom stereocenters. The Bertz CT molecular complexity index is 758. The third-order valence-electron chi connectivity index (χ3n) is 2.91. The van der Waals surface area contributed by atoms with E-state index in [1.54, 1.807) is 30.3 Å². The minimum absolute atomic E-state index is 0.127. The summed E-state index contributed by atoms with van der Waals surface area (Å²) >= 11 is 5.95. The highest BCUT2D eigenvalue weighted by Gasteiger charge is 2.13. The second-order valence-corrected chi connectivity index (χ2v) is 5.12. The summed E-state index contributed by atoms with van der Waals surface area (Å²) in [5, 5.41) is 15.7. The third-order valence-corrected chi connectivity index (χ3v) is 3.32. The number of aryl methyl sites for hydroxylation is 1. The number of phenols is 1. The van der Waals surface area contributed by atoms with Crippen LogP contribution < -0.4 is 10.7 Å². The van der Waals surface area contributed by atoms with E-state index in [1.165, 1.54) is 18.3 Å². The quantitative estimate of drug-likeness (QED) is 0.458. The molecule has 2 aromatic rings. The number of amides is 2. The normalized spacial score (nSPS) is 10.5. The predicted molar refractivity (Wildman–Crippen MR) is 88.7 cm³/mol. The van der Waals surface area contributed by atoms with Crippen molar-refractivity contribution in [1.29, 1.82) is 0 Å². The first-order chi connectivity index (χ1) is 11.0. The van der Waals surface area contributed by atoms with Crippen LogP contribution in [0.1, 0.15) is 11.1 Å². The van der Waals surface area contributed by atoms with E-state index in [0.29, 0.717) is 16.3 Å². The highest BCUT2D eigenvalue weighted by Crippen LogP contribution is 2.19. The van der Waals surface area contributed by atoms with Crippen LogP contribution in [0, 0.1) is 6.92 Å². The number of aromatic hydroxyl groups is 1. The van der Waals surface area contributed by atoms with Gasteiger partial charge < -0.3 is 10.4 Å². The lowest BCUT2D eigenvalue weighted by Crippen LogP contribution is -2.32. The number of nitrogens with one attached hydrogen (secondary N) is 2. The molecule has 2 amide bonds. The average molecular weight is 332 g/mol. The predicted octanol–water partition coefficient (Wildman–Crippen LogP) is 2.44. The molecule has 0 saturated carbocycles. The maximum atomic E-state index is 11.7. The SMILES string of the molecule is Cc1ccc(NC(=O)C(=O)NN=Cc2ccc(O)cc2)cc1Cl. The molecule has 0 heterocycles. The first-order valence-electron chi connectivity index (χ1n) is 6.65. The Morgan fingerprint density at radius 3 is 2.48 bits per heavy atom. The number of hydrogen-bond donors (Lipinski definition) is 3. The van der Waals surface area contributed by atoms with E-state index in [9.17, 15) is 9.59 Å². The molecule has 7 heteroatoms. The second-order valence-electron chi connectivity index (χ2n) is 4.71. The number of anilines is 1. The molecule has 0 aliphatic rings. The van der Waals surface area contributed by atoms with Crippen LogP contribution in [0.2, 0.25) is 5.02 Å². The molecule has 0 aliphatic heterocycles. The summed E-state index contributed by atoms with van der Waals surface area (Å²) in [4.78, 5) is 23.4. The fourth-order valence-electron chi connectivity index (χ4n) is 1.64. The molecule has 0 aromatic heterocycles. The van der Waals surface area contributed by atoms with E-state index in [2.05, 4.69) is 15.8 Å². The minimum atomic E-state index is -0.906. The van der Waals surface area contributed by atoms with Gasteiger partial charge in [-0.05, 0) is 54.4 Å². The molecule has 0 aliphatic carbocycles. The van der Waals surface area contributed by atoms with Gasteiger partial charge in [-0.1, -0.05) is 17.7 Å². The van der Waals surface area contributed by atoms with Gasteiger partial charge in [-0.25, -0.2) is 5.43 Å². The first kappa shape index (κ1) is 16.5. The van der Waals surface area contributed by atoms with E-state index >= 15 is 0 Å². The van der Waals surface area contributed by atoms with Gasteiger partial charge in [0, 0.05) is 10.7 Å². The summed E-state index contributed by atoms with van der Waals surface area (Å²) in [5.74, 6) is -1.63. The molecule has 3 N–H and O–H groups in total. The molecule has 2 rings (SSSR count). The summed E-state index contributed by atoms with van der Waals surface area (Å²) in [6, 6.07) is 11.1. The smallest absolute Gasteiger partial charge is 0.329 e. The van der Waals surface area contributed by atoms with Crippen LogP contribution in [0.4, 0.5) is 5.69 Å². The van der Waals surface area contributed by atoms with Crippen LogP contribution in [0.5, 0.6) is 5.75 Å². The highest BCUT2D eigenvalue weighted by atomic mass is 35.5. The summed E-state index contributed by atoms with van der Waals surface area (Å²) in [7, 11) is 0. The van der Waals surface area contributed by atoms with Crippen molar-refractivity contribution in [2.45, 2.75) is 6.92 Å². The van der Waals surface area contributed by atoms with E-state index in [0.717, 1.165) is 5.56 Å².